The Balaban J connectivity index is 1.52. The van der Waals surface area contributed by atoms with E-state index in [2.05, 4.69) is 27.4 Å². The molecule has 0 aliphatic carbocycles. The number of likely N-dealkylation sites (tertiary alicyclic amines) is 1. The van der Waals surface area contributed by atoms with Crippen LogP contribution in [0.2, 0.25) is 0 Å². The number of benzene rings is 2. The number of rotatable bonds is 14. The van der Waals surface area contributed by atoms with Crippen LogP contribution in [-0.4, -0.2) is 89.8 Å². The molecule has 1 aliphatic rings. The number of aliphatic hydroxyl groups is 1. The smallest absolute Gasteiger partial charge is 0.404 e. The van der Waals surface area contributed by atoms with Gasteiger partial charge in [-0.05, 0) is 62.0 Å². The Labute approximate surface area is 246 Å². The zero-order valence-electron chi connectivity index (χ0n) is 23.9. The Bertz CT molecular complexity index is 1400. The van der Waals surface area contributed by atoms with E-state index in [1.807, 2.05) is 44.2 Å². The molecule has 2 heterocycles. The molecule has 10 nitrogen and oxygen atoms in total. The second kappa shape index (κ2) is 13.9. The lowest BCUT2D eigenvalue weighted by Gasteiger charge is -2.30. The zero-order chi connectivity index (χ0) is 29.6. The van der Waals surface area contributed by atoms with E-state index in [0.717, 1.165) is 47.0 Å². The molecule has 4 rings (SSSR count). The van der Waals surface area contributed by atoms with Gasteiger partial charge < -0.3 is 20.8 Å². The lowest BCUT2D eigenvalue weighted by molar-refractivity contribution is 0.0980. The van der Waals surface area contributed by atoms with Gasteiger partial charge in [-0.25, -0.2) is 18.2 Å². The maximum Gasteiger partial charge on any atom is 0.404 e. The number of thiazole rings is 1. The summed E-state index contributed by atoms with van der Waals surface area (Å²) in [6.07, 6.45) is 0.0328. The van der Waals surface area contributed by atoms with Crippen LogP contribution in [0.5, 0.6) is 0 Å². The molecule has 4 N–H and O–H groups in total. The van der Waals surface area contributed by atoms with Crippen LogP contribution in [-0.2, 0) is 16.4 Å². The van der Waals surface area contributed by atoms with E-state index in [4.69, 9.17) is 0 Å². The average molecular weight is 604 g/mol. The van der Waals surface area contributed by atoms with E-state index in [1.54, 1.807) is 18.2 Å². The van der Waals surface area contributed by atoms with Crippen molar-refractivity contribution in [3.8, 4) is 0 Å². The third-order valence-corrected chi connectivity index (χ3v) is 10.2. The van der Waals surface area contributed by atoms with Gasteiger partial charge in [0.2, 0.25) is 10.0 Å². The van der Waals surface area contributed by atoms with Crippen LogP contribution in [0.3, 0.4) is 0 Å². The molecular weight excluding hydrogens is 562 g/mol. The molecule has 1 fully saturated rings. The standard InChI is InChI=1S/C29H41N5O5S2/c1-4-33-14-8-11-22(33)17-30-28-31-24-13-12-23(16-27(24)40-28)41(38,39)34(18-20(2)3)19-26(35)25(32-29(36)37)15-21-9-6-5-7-10-21/h5-7,9-10,12-13,16,20,22,25-26,32,35H,4,8,11,14-15,17-19H2,1-3H3,(H,30,31)(H,36,37). The number of sulfonamides is 1. The van der Waals surface area contributed by atoms with Crippen LogP contribution in [0.1, 0.15) is 39.2 Å². The maximum atomic E-state index is 13.9. The molecule has 0 saturated carbocycles. The number of nitrogens with zero attached hydrogens (tertiary/aromatic N) is 3. The molecule has 0 spiro atoms. The minimum atomic E-state index is -3.99. The number of hydrogen-bond donors (Lipinski definition) is 4. The summed E-state index contributed by atoms with van der Waals surface area (Å²) in [5, 5.41) is 27.1. The average Bonchev–Trinajstić information content (AvgIpc) is 3.56. The molecule has 1 saturated heterocycles. The van der Waals surface area contributed by atoms with Gasteiger partial charge in [-0.2, -0.15) is 4.31 Å². The highest BCUT2D eigenvalue weighted by Gasteiger charge is 2.32. The first-order valence-electron chi connectivity index (χ1n) is 14.2. The maximum absolute atomic E-state index is 13.9. The normalized spacial score (nSPS) is 17.8. The largest absolute Gasteiger partial charge is 0.465 e. The monoisotopic (exact) mass is 603 g/mol. The first-order chi connectivity index (χ1) is 19.6. The summed E-state index contributed by atoms with van der Waals surface area (Å²) in [7, 11) is -3.99. The van der Waals surface area contributed by atoms with Gasteiger partial charge in [0.05, 0.1) is 27.3 Å². The van der Waals surface area contributed by atoms with Gasteiger partial charge in [0.15, 0.2) is 5.13 Å². The van der Waals surface area contributed by atoms with Gasteiger partial charge in [0.25, 0.3) is 0 Å². The molecule has 1 amide bonds. The molecular formula is C29H41N5O5S2. The summed E-state index contributed by atoms with van der Waals surface area (Å²) < 4.78 is 29.7. The first kappa shape index (κ1) is 31.2. The number of aliphatic hydroxyl groups excluding tert-OH is 1. The highest BCUT2D eigenvalue weighted by atomic mass is 32.2. The van der Waals surface area contributed by atoms with E-state index in [1.165, 1.54) is 22.1 Å². The molecule has 12 heteroatoms. The third-order valence-electron chi connectivity index (χ3n) is 7.42. The Morgan fingerprint density at radius 3 is 2.63 bits per heavy atom. The highest BCUT2D eigenvalue weighted by molar-refractivity contribution is 7.89. The Kier molecular flexibility index (Phi) is 10.6. The molecule has 3 aromatic rings. The predicted molar refractivity (Wildman–Crippen MR) is 163 cm³/mol. The Morgan fingerprint density at radius 1 is 1.20 bits per heavy atom. The number of likely N-dealkylation sites (N-methyl/N-ethyl adjacent to an activating group) is 1. The fraction of sp³-hybridized carbons (Fsp3) is 0.517. The van der Waals surface area contributed by atoms with Crippen LogP contribution < -0.4 is 10.6 Å². The summed E-state index contributed by atoms with van der Waals surface area (Å²) in [6.45, 7) is 8.84. The number of aromatic nitrogens is 1. The van der Waals surface area contributed by atoms with Crippen molar-refractivity contribution in [3.63, 3.8) is 0 Å². The summed E-state index contributed by atoms with van der Waals surface area (Å²) in [4.78, 5) is 18.7. The fourth-order valence-electron chi connectivity index (χ4n) is 5.36. The topological polar surface area (TPSA) is 135 Å². The second-order valence-corrected chi connectivity index (χ2v) is 14.0. The Hall–Kier alpha value is -2.77. The van der Waals surface area contributed by atoms with Crippen molar-refractivity contribution in [3.05, 3.63) is 54.1 Å². The van der Waals surface area contributed by atoms with Gasteiger partial charge >= 0.3 is 6.09 Å². The van der Waals surface area contributed by atoms with Gasteiger partial charge in [0.1, 0.15) is 0 Å². The second-order valence-electron chi connectivity index (χ2n) is 11.0. The SMILES string of the molecule is CCN1CCCC1CNc1nc2ccc(S(=O)(=O)N(CC(C)C)CC(O)C(Cc3ccccc3)NC(=O)O)cc2s1. The van der Waals surface area contributed by atoms with Gasteiger partial charge in [-0.3, -0.25) is 4.90 Å². The van der Waals surface area contributed by atoms with Crippen LogP contribution in [0.15, 0.2) is 53.4 Å². The lowest BCUT2D eigenvalue weighted by Crippen LogP contribution is -2.50. The molecule has 0 bridgehead atoms. The van der Waals surface area contributed by atoms with Crippen molar-refractivity contribution in [2.75, 3.05) is 38.0 Å². The van der Waals surface area contributed by atoms with E-state index in [-0.39, 0.29) is 30.3 Å². The van der Waals surface area contributed by atoms with E-state index < -0.39 is 28.3 Å². The number of nitrogens with one attached hydrogen (secondary N) is 2. The van der Waals surface area contributed by atoms with E-state index in [0.29, 0.717) is 6.04 Å². The number of amides is 1. The minimum absolute atomic E-state index is 0.0156. The summed E-state index contributed by atoms with van der Waals surface area (Å²) in [6, 6.07) is 13.7. The fourth-order valence-corrected chi connectivity index (χ4v) is 8.00. The van der Waals surface area contributed by atoms with Crippen molar-refractivity contribution >= 4 is 42.8 Å². The zero-order valence-corrected chi connectivity index (χ0v) is 25.5. The number of carbonyl (C=O) groups is 1. The number of hydrogen-bond acceptors (Lipinski definition) is 8. The molecule has 1 aliphatic heterocycles. The van der Waals surface area contributed by atoms with Gasteiger partial charge in [-0.15, -0.1) is 0 Å². The third kappa shape index (κ3) is 8.16. The predicted octanol–water partition coefficient (Wildman–Crippen LogP) is 4.08. The van der Waals surface area contributed by atoms with Crippen molar-refractivity contribution in [1.29, 1.82) is 0 Å². The van der Waals surface area contributed by atoms with Crippen molar-refractivity contribution in [2.45, 2.75) is 63.1 Å². The van der Waals surface area contributed by atoms with Crippen molar-refractivity contribution in [2.24, 2.45) is 5.92 Å². The van der Waals surface area contributed by atoms with Crippen molar-refractivity contribution in [1.82, 2.24) is 19.5 Å². The van der Waals surface area contributed by atoms with Crippen LogP contribution >= 0.6 is 11.3 Å². The summed E-state index contributed by atoms with van der Waals surface area (Å²) in [5.74, 6) is -0.0156. The molecule has 3 unspecified atom stereocenters. The molecule has 3 atom stereocenters. The molecule has 0 radical (unpaired) electrons. The summed E-state index contributed by atoms with van der Waals surface area (Å²) >= 11 is 1.42. The number of fused-ring (bicyclic) bond motifs is 1. The summed E-state index contributed by atoms with van der Waals surface area (Å²) in [5.41, 5.74) is 1.55. The van der Waals surface area contributed by atoms with Crippen molar-refractivity contribution < 1.29 is 23.4 Å². The Morgan fingerprint density at radius 2 is 1.95 bits per heavy atom. The van der Waals surface area contributed by atoms with Crippen LogP contribution in [0.4, 0.5) is 9.93 Å². The van der Waals surface area contributed by atoms with Crippen LogP contribution in [0.25, 0.3) is 10.2 Å². The molecule has 2 aromatic carbocycles. The van der Waals surface area contributed by atoms with Crippen LogP contribution in [0, 0.1) is 5.92 Å². The van der Waals surface area contributed by atoms with Gasteiger partial charge in [0, 0.05) is 25.7 Å². The molecule has 41 heavy (non-hydrogen) atoms. The quantitative estimate of drug-likeness (QED) is 0.217. The number of carboxylic acid groups (broad SMARTS) is 1. The number of anilines is 1. The molecule has 224 valence electrons. The molecule has 1 aromatic heterocycles. The van der Waals surface area contributed by atoms with Gasteiger partial charge in [-0.1, -0.05) is 62.4 Å². The lowest BCUT2D eigenvalue weighted by atomic mass is 10.0. The minimum Gasteiger partial charge on any atom is -0.465 e. The van der Waals surface area contributed by atoms with E-state index in [9.17, 15) is 23.4 Å². The first-order valence-corrected chi connectivity index (χ1v) is 16.4. The highest BCUT2D eigenvalue weighted by Crippen LogP contribution is 2.30. The van der Waals surface area contributed by atoms with E-state index >= 15 is 0 Å².